The number of nitrogens with one attached hydrogen (secondary N) is 1. The van der Waals surface area contributed by atoms with Crippen LogP contribution in [0.3, 0.4) is 0 Å². The molecule has 1 N–H and O–H groups in total. The molecule has 0 aliphatic carbocycles. The Morgan fingerprint density at radius 2 is 1.76 bits per heavy atom. The van der Waals surface area contributed by atoms with Crippen molar-refractivity contribution in [2.24, 2.45) is 0 Å². The molecular weight excluding hydrogens is 384 g/mol. The Balaban J connectivity index is 1.72. The smallest absolute Gasteiger partial charge is 0.407 e. The van der Waals surface area contributed by atoms with Crippen LogP contribution in [-0.2, 0) is 11.3 Å². The summed E-state index contributed by atoms with van der Waals surface area (Å²) < 4.78 is 10.6. The van der Waals surface area contributed by atoms with Crippen LogP contribution in [0.2, 0.25) is 0 Å². The average Bonchev–Trinajstić information content (AvgIpc) is 2.77. The molecule has 0 bridgehead atoms. The number of carbonyl (C=O) groups is 1. The standard InChI is InChI=1S/C23H20N2O3S/c1-24-23(26)28-14-15-10-12-16(13-11-15)29-22-17-6-3-4-8-19(17)25-21-18(22)7-5-9-20(21)27-2/h3-13H,14H2,1-2H3,(H,24,26). The van der Waals surface area contributed by atoms with Crippen LogP contribution in [0.25, 0.3) is 21.8 Å². The first-order valence-electron chi connectivity index (χ1n) is 9.16. The van der Waals surface area contributed by atoms with Crippen molar-refractivity contribution in [2.45, 2.75) is 16.4 Å². The predicted octanol–water partition coefficient (Wildman–Crippen LogP) is 5.40. The first-order chi connectivity index (χ1) is 14.2. The Hall–Kier alpha value is -3.25. The molecule has 6 heteroatoms. The number of methoxy groups -OCH3 is 1. The van der Waals surface area contributed by atoms with Gasteiger partial charge in [0.2, 0.25) is 0 Å². The largest absolute Gasteiger partial charge is 0.494 e. The molecule has 4 aromatic rings. The minimum atomic E-state index is -0.438. The second-order valence-corrected chi connectivity index (χ2v) is 7.47. The van der Waals surface area contributed by atoms with Gasteiger partial charge in [-0.05, 0) is 29.8 Å². The van der Waals surface area contributed by atoms with Crippen LogP contribution in [0.5, 0.6) is 5.75 Å². The zero-order chi connectivity index (χ0) is 20.2. The van der Waals surface area contributed by atoms with Gasteiger partial charge in [-0.2, -0.15) is 0 Å². The van der Waals surface area contributed by atoms with Crippen molar-refractivity contribution in [2.75, 3.05) is 14.2 Å². The monoisotopic (exact) mass is 404 g/mol. The van der Waals surface area contributed by atoms with Crippen LogP contribution in [0, 0.1) is 0 Å². The molecule has 0 saturated heterocycles. The first-order valence-corrected chi connectivity index (χ1v) is 9.98. The van der Waals surface area contributed by atoms with Gasteiger partial charge in [0.25, 0.3) is 0 Å². The van der Waals surface area contributed by atoms with Gasteiger partial charge >= 0.3 is 6.09 Å². The number of nitrogens with zero attached hydrogens (tertiary/aromatic N) is 1. The number of ether oxygens (including phenoxy) is 2. The van der Waals surface area contributed by atoms with E-state index in [1.165, 1.54) is 0 Å². The summed E-state index contributed by atoms with van der Waals surface area (Å²) in [6.45, 7) is 0.239. The lowest BCUT2D eigenvalue weighted by Gasteiger charge is -2.13. The second-order valence-electron chi connectivity index (χ2n) is 6.39. The number of hydrogen-bond acceptors (Lipinski definition) is 5. The van der Waals surface area contributed by atoms with Crippen LogP contribution < -0.4 is 10.1 Å². The molecule has 0 radical (unpaired) electrons. The number of hydrogen-bond donors (Lipinski definition) is 1. The topological polar surface area (TPSA) is 60.5 Å². The van der Waals surface area contributed by atoms with Gasteiger partial charge in [-0.1, -0.05) is 54.2 Å². The number of aromatic nitrogens is 1. The van der Waals surface area contributed by atoms with E-state index in [1.54, 1.807) is 25.9 Å². The molecule has 1 amide bonds. The highest BCUT2D eigenvalue weighted by molar-refractivity contribution is 7.99. The van der Waals surface area contributed by atoms with Crippen LogP contribution >= 0.6 is 11.8 Å². The van der Waals surface area contributed by atoms with E-state index < -0.39 is 6.09 Å². The van der Waals surface area contributed by atoms with Gasteiger partial charge < -0.3 is 14.8 Å². The maximum Gasteiger partial charge on any atom is 0.407 e. The van der Waals surface area contributed by atoms with E-state index in [-0.39, 0.29) is 6.61 Å². The van der Waals surface area contributed by atoms with Crippen molar-refractivity contribution in [3.05, 3.63) is 72.3 Å². The minimum Gasteiger partial charge on any atom is -0.494 e. The number of amides is 1. The van der Waals surface area contributed by atoms with E-state index in [0.717, 1.165) is 42.9 Å². The molecule has 3 aromatic carbocycles. The van der Waals surface area contributed by atoms with Crippen molar-refractivity contribution >= 4 is 39.7 Å². The van der Waals surface area contributed by atoms with Gasteiger partial charge in [0.1, 0.15) is 17.9 Å². The lowest BCUT2D eigenvalue weighted by Crippen LogP contribution is -2.18. The predicted molar refractivity (Wildman–Crippen MR) is 116 cm³/mol. The van der Waals surface area contributed by atoms with E-state index in [2.05, 4.69) is 17.4 Å². The molecule has 29 heavy (non-hydrogen) atoms. The van der Waals surface area contributed by atoms with Crippen molar-refractivity contribution < 1.29 is 14.3 Å². The normalized spacial score (nSPS) is 10.8. The Kier molecular flexibility index (Phi) is 5.53. The lowest BCUT2D eigenvalue weighted by atomic mass is 10.1. The summed E-state index contributed by atoms with van der Waals surface area (Å²) in [5.74, 6) is 0.761. The minimum absolute atomic E-state index is 0.239. The maximum atomic E-state index is 11.2. The lowest BCUT2D eigenvalue weighted by molar-refractivity contribution is 0.142. The SMILES string of the molecule is CNC(=O)OCc1ccc(Sc2c3ccccc3nc3c(OC)cccc23)cc1. The summed E-state index contributed by atoms with van der Waals surface area (Å²) in [7, 11) is 3.21. The summed E-state index contributed by atoms with van der Waals surface area (Å²) >= 11 is 1.69. The molecule has 0 saturated carbocycles. The van der Waals surface area contributed by atoms with Crippen molar-refractivity contribution in [1.82, 2.24) is 10.3 Å². The Morgan fingerprint density at radius 1 is 1.00 bits per heavy atom. The molecule has 146 valence electrons. The molecule has 0 unspecified atom stereocenters. The van der Waals surface area contributed by atoms with E-state index in [4.69, 9.17) is 14.5 Å². The van der Waals surface area contributed by atoms with Crippen LogP contribution in [-0.4, -0.2) is 25.2 Å². The first kappa shape index (κ1) is 19.1. The third kappa shape index (κ3) is 3.98. The second kappa shape index (κ2) is 8.41. The average molecular weight is 404 g/mol. The molecule has 0 fully saturated rings. The highest BCUT2D eigenvalue weighted by Crippen LogP contribution is 2.40. The van der Waals surface area contributed by atoms with Crippen LogP contribution in [0.4, 0.5) is 4.79 Å². The molecular formula is C23H20N2O3S. The fourth-order valence-corrected chi connectivity index (χ4v) is 4.18. The van der Waals surface area contributed by atoms with Crippen molar-refractivity contribution in [3.8, 4) is 5.75 Å². The highest BCUT2D eigenvalue weighted by Gasteiger charge is 2.13. The van der Waals surface area contributed by atoms with E-state index in [1.807, 2.05) is 54.6 Å². The zero-order valence-electron chi connectivity index (χ0n) is 16.1. The molecule has 1 aromatic heterocycles. The van der Waals surface area contributed by atoms with Gasteiger partial charge in [0, 0.05) is 27.6 Å². The number of carbonyl (C=O) groups excluding carboxylic acids is 1. The number of alkyl carbamates (subject to hydrolysis) is 1. The zero-order valence-corrected chi connectivity index (χ0v) is 17.0. The summed E-state index contributed by atoms with van der Waals surface area (Å²) in [6, 6.07) is 22.1. The van der Waals surface area contributed by atoms with Gasteiger partial charge in [0.05, 0.1) is 12.6 Å². The molecule has 5 nitrogen and oxygen atoms in total. The summed E-state index contributed by atoms with van der Waals surface area (Å²) in [5.41, 5.74) is 2.72. The third-order valence-electron chi connectivity index (χ3n) is 4.56. The molecule has 1 heterocycles. The van der Waals surface area contributed by atoms with Gasteiger partial charge in [-0.15, -0.1) is 0 Å². The van der Waals surface area contributed by atoms with Gasteiger partial charge in [-0.25, -0.2) is 9.78 Å². The van der Waals surface area contributed by atoms with Crippen LogP contribution in [0.1, 0.15) is 5.56 Å². The molecule has 0 aliphatic heterocycles. The summed E-state index contributed by atoms with van der Waals surface area (Å²) in [4.78, 5) is 18.3. The summed E-state index contributed by atoms with van der Waals surface area (Å²) in [5, 5.41) is 4.60. The van der Waals surface area contributed by atoms with Gasteiger partial charge in [-0.3, -0.25) is 0 Å². The number of benzene rings is 3. The van der Waals surface area contributed by atoms with Crippen molar-refractivity contribution in [3.63, 3.8) is 0 Å². The molecule has 4 rings (SSSR count). The third-order valence-corrected chi connectivity index (χ3v) is 5.71. The quantitative estimate of drug-likeness (QED) is 0.451. The number of pyridine rings is 1. The van der Waals surface area contributed by atoms with E-state index in [9.17, 15) is 4.79 Å². The molecule has 0 spiro atoms. The highest BCUT2D eigenvalue weighted by atomic mass is 32.2. The van der Waals surface area contributed by atoms with E-state index >= 15 is 0 Å². The van der Waals surface area contributed by atoms with Crippen LogP contribution in [0.15, 0.2) is 76.5 Å². The molecule has 0 aliphatic rings. The fraction of sp³-hybridized carbons (Fsp3) is 0.130. The number of para-hydroxylation sites is 2. The molecule has 0 atom stereocenters. The van der Waals surface area contributed by atoms with Crippen molar-refractivity contribution in [1.29, 1.82) is 0 Å². The number of rotatable bonds is 5. The van der Waals surface area contributed by atoms with E-state index in [0.29, 0.717) is 0 Å². The Bertz CT molecular complexity index is 1180. The Morgan fingerprint density at radius 3 is 2.52 bits per heavy atom. The summed E-state index contributed by atoms with van der Waals surface area (Å²) in [6.07, 6.45) is -0.438. The Labute approximate surface area is 173 Å². The number of fused-ring (bicyclic) bond motifs is 2. The fourth-order valence-electron chi connectivity index (χ4n) is 3.12. The maximum absolute atomic E-state index is 11.2. The van der Waals surface area contributed by atoms with Gasteiger partial charge in [0.15, 0.2) is 0 Å².